The molecule has 0 bridgehead atoms. The molecule has 5 nitrogen and oxygen atoms in total. The van der Waals surface area contributed by atoms with Gasteiger partial charge in [0.15, 0.2) is 10.9 Å². The molecule has 4 rings (SSSR count). The minimum Gasteiger partial charge on any atom is -0.496 e. The molecule has 0 aliphatic heterocycles. The number of nitrogens with one attached hydrogen (secondary N) is 1. The zero-order valence-electron chi connectivity index (χ0n) is 15.3. The van der Waals surface area contributed by atoms with Crippen LogP contribution in [0.3, 0.4) is 0 Å². The Morgan fingerprint density at radius 2 is 2.15 bits per heavy atom. The van der Waals surface area contributed by atoms with Crippen LogP contribution in [0, 0.1) is 6.92 Å². The lowest BCUT2D eigenvalue weighted by atomic mass is 9.97. The van der Waals surface area contributed by atoms with Gasteiger partial charge < -0.3 is 9.72 Å². The largest absolute Gasteiger partial charge is 0.496 e. The molecular weight excluding hydrogens is 380 g/mol. The lowest BCUT2D eigenvalue weighted by Gasteiger charge is -2.09. The van der Waals surface area contributed by atoms with Gasteiger partial charge in [0, 0.05) is 10.4 Å². The molecule has 0 spiro atoms. The van der Waals surface area contributed by atoms with Crippen molar-refractivity contribution in [2.24, 2.45) is 0 Å². The number of hydrogen-bond acceptors (Lipinski definition) is 6. The smallest absolute Gasteiger partial charge is 0.260 e. The van der Waals surface area contributed by atoms with Crippen LogP contribution in [0.4, 0.5) is 0 Å². The zero-order valence-corrected chi connectivity index (χ0v) is 16.9. The number of H-pyrrole nitrogens is 1. The van der Waals surface area contributed by atoms with Gasteiger partial charge in [0.2, 0.25) is 0 Å². The molecule has 0 saturated carbocycles. The van der Waals surface area contributed by atoms with Crippen LogP contribution in [-0.2, 0) is 12.8 Å². The fourth-order valence-corrected chi connectivity index (χ4v) is 5.56. The van der Waals surface area contributed by atoms with Crippen molar-refractivity contribution < 1.29 is 9.53 Å². The minimum atomic E-state index is -0.0883. The summed E-state index contributed by atoms with van der Waals surface area (Å²) < 4.78 is 5.23. The summed E-state index contributed by atoms with van der Waals surface area (Å²) in [6, 6.07) is 5.39. The summed E-state index contributed by atoms with van der Waals surface area (Å²) >= 11 is 2.89. The summed E-state index contributed by atoms with van der Waals surface area (Å²) in [5.74, 6) is 0.988. The average molecular weight is 401 g/mol. The van der Waals surface area contributed by atoms with Crippen molar-refractivity contribution in [3.05, 3.63) is 50.1 Å². The number of carbonyl (C=O) groups excluding carboxylic acids is 1. The van der Waals surface area contributed by atoms with Gasteiger partial charge in [0.25, 0.3) is 5.56 Å². The monoisotopic (exact) mass is 400 g/mol. The summed E-state index contributed by atoms with van der Waals surface area (Å²) in [5.41, 5.74) is 2.65. The normalized spacial score (nSPS) is 13.6. The maximum absolute atomic E-state index is 12.6. The van der Waals surface area contributed by atoms with E-state index < -0.39 is 0 Å². The van der Waals surface area contributed by atoms with Crippen molar-refractivity contribution in [3.8, 4) is 5.75 Å². The van der Waals surface area contributed by atoms with Crippen molar-refractivity contribution in [3.63, 3.8) is 0 Å². The number of rotatable bonds is 5. The van der Waals surface area contributed by atoms with Crippen LogP contribution < -0.4 is 10.3 Å². The Bertz CT molecular complexity index is 1080. The molecule has 0 unspecified atom stereocenters. The van der Waals surface area contributed by atoms with E-state index in [2.05, 4.69) is 9.97 Å². The molecule has 1 aliphatic rings. The molecule has 0 amide bonds. The Hall–Kier alpha value is -2.12. The maximum atomic E-state index is 12.6. The minimum absolute atomic E-state index is 0.000951. The number of benzene rings is 1. The third-order valence-electron chi connectivity index (χ3n) is 4.86. The molecule has 3 aromatic rings. The van der Waals surface area contributed by atoms with Crippen molar-refractivity contribution >= 4 is 39.1 Å². The summed E-state index contributed by atoms with van der Waals surface area (Å²) in [4.78, 5) is 34.6. The topological polar surface area (TPSA) is 72.0 Å². The lowest BCUT2D eigenvalue weighted by molar-refractivity contribution is 0.102. The van der Waals surface area contributed by atoms with Crippen LogP contribution in [0.5, 0.6) is 5.75 Å². The van der Waals surface area contributed by atoms with E-state index in [4.69, 9.17) is 4.74 Å². The Morgan fingerprint density at radius 1 is 1.33 bits per heavy atom. The Balaban J connectivity index is 1.54. The fourth-order valence-electron chi connectivity index (χ4n) is 3.48. The molecular formula is C20H20N2O3S2. The Kier molecular flexibility index (Phi) is 5.06. The first-order chi connectivity index (χ1) is 13.1. The van der Waals surface area contributed by atoms with Gasteiger partial charge in [0.1, 0.15) is 10.6 Å². The van der Waals surface area contributed by atoms with Crippen LogP contribution >= 0.6 is 23.1 Å². The number of hydrogen-bond donors (Lipinski definition) is 1. The van der Waals surface area contributed by atoms with E-state index in [0.29, 0.717) is 10.7 Å². The number of aromatic amines is 1. The van der Waals surface area contributed by atoms with E-state index in [9.17, 15) is 9.59 Å². The van der Waals surface area contributed by atoms with E-state index in [-0.39, 0.29) is 17.1 Å². The number of aromatic nitrogens is 2. The van der Waals surface area contributed by atoms with E-state index in [1.165, 1.54) is 28.6 Å². The SMILES string of the molecule is COc1ccc(C(=O)CSc2nc3sc4c(c3c(=O)[nH]2)CCCC4)cc1C. The number of Topliss-reactive ketones (excluding diaryl/α,β-unsaturated/α-hetero) is 1. The van der Waals surface area contributed by atoms with Crippen LogP contribution in [-0.4, -0.2) is 28.6 Å². The van der Waals surface area contributed by atoms with Crippen molar-refractivity contribution in [2.75, 3.05) is 12.9 Å². The molecule has 0 saturated heterocycles. The van der Waals surface area contributed by atoms with Crippen molar-refractivity contribution in [1.29, 1.82) is 0 Å². The second-order valence-corrected chi connectivity index (χ2v) is 8.71. The number of thioether (sulfide) groups is 1. The molecule has 0 radical (unpaired) electrons. The fraction of sp³-hybridized carbons (Fsp3) is 0.350. The summed E-state index contributed by atoms with van der Waals surface area (Å²) in [6.45, 7) is 1.91. The average Bonchev–Trinajstić information content (AvgIpc) is 3.04. The standard InChI is InChI=1S/C20H20N2O3S2/c1-11-9-12(7-8-15(11)25-2)14(23)10-26-20-21-18(24)17-13-5-3-4-6-16(13)27-19(17)22-20/h7-9H,3-6,10H2,1-2H3,(H,21,22,24). The van der Waals surface area contributed by atoms with E-state index >= 15 is 0 Å². The van der Waals surface area contributed by atoms with Crippen molar-refractivity contribution in [2.45, 2.75) is 37.8 Å². The highest BCUT2D eigenvalue weighted by molar-refractivity contribution is 7.99. The first kappa shape index (κ1) is 18.3. The van der Waals surface area contributed by atoms with Gasteiger partial charge >= 0.3 is 0 Å². The lowest BCUT2D eigenvalue weighted by Crippen LogP contribution is -2.12. The molecule has 7 heteroatoms. The number of fused-ring (bicyclic) bond motifs is 3. The number of ketones is 1. The third kappa shape index (κ3) is 3.53. The predicted octanol–water partition coefficient (Wildman–Crippen LogP) is 4.16. The quantitative estimate of drug-likeness (QED) is 0.396. The number of aryl methyl sites for hydroxylation is 3. The van der Waals surface area contributed by atoms with Gasteiger partial charge in [-0.2, -0.15) is 0 Å². The molecule has 1 aliphatic carbocycles. The zero-order chi connectivity index (χ0) is 19.0. The highest BCUT2D eigenvalue weighted by Gasteiger charge is 2.20. The van der Waals surface area contributed by atoms with Gasteiger partial charge in [-0.15, -0.1) is 11.3 Å². The molecule has 2 aromatic heterocycles. The molecule has 27 heavy (non-hydrogen) atoms. The number of methoxy groups -OCH3 is 1. The molecule has 1 N–H and O–H groups in total. The Labute approximate surface area is 165 Å². The van der Waals surface area contributed by atoms with Crippen LogP contribution in [0.15, 0.2) is 28.2 Å². The van der Waals surface area contributed by atoms with Gasteiger partial charge in [-0.1, -0.05) is 11.8 Å². The highest BCUT2D eigenvalue weighted by atomic mass is 32.2. The number of carbonyl (C=O) groups is 1. The number of nitrogens with zero attached hydrogens (tertiary/aromatic N) is 1. The number of thiophene rings is 1. The molecule has 1 aromatic carbocycles. The van der Waals surface area contributed by atoms with E-state index in [0.717, 1.165) is 40.8 Å². The first-order valence-electron chi connectivity index (χ1n) is 8.92. The van der Waals surface area contributed by atoms with Gasteiger partial charge in [-0.3, -0.25) is 9.59 Å². The van der Waals surface area contributed by atoms with Gasteiger partial charge in [-0.05, 0) is 61.9 Å². The second kappa shape index (κ2) is 7.48. The molecule has 140 valence electrons. The van der Waals surface area contributed by atoms with Gasteiger partial charge in [0.05, 0.1) is 18.2 Å². The van der Waals surface area contributed by atoms with E-state index in [1.807, 2.05) is 13.0 Å². The number of ether oxygens (including phenoxy) is 1. The highest BCUT2D eigenvalue weighted by Crippen LogP contribution is 2.34. The van der Waals surface area contributed by atoms with Crippen molar-refractivity contribution in [1.82, 2.24) is 9.97 Å². The van der Waals surface area contributed by atoms with Crippen LogP contribution in [0.25, 0.3) is 10.2 Å². The molecule has 2 heterocycles. The van der Waals surface area contributed by atoms with Crippen LogP contribution in [0.2, 0.25) is 0 Å². The Morgan fingerprint density at radius 3 is 2.93 bits per heavy atom. The predicted molar refractivity (Wildman–Crippen MR) is 110 cm³/mol. The second-order valence-electron chi connectivity index (χ2n) is 6.66. The van der Waals surface area contributed by atoms with Crippen LogP contribution in [0.1, 0.15) is 39.2 Å². The molecule has 0 fully saturated rings. The summed E-state index contributed by atoms with van der Waals surface area (Å²) in [5, 5.41) is 1.25. The molecule has 0 atom stereocenters. The van der Waals surface area contributed by atoms with E-state index in [1.54, 1.807) is 30.6 Å². The first-order valence-corrected chi connectivity index (χ1v) is 10.7. The maximum Gasteiger partial charge on any atom is 0.260 e. The van der Waals surface area contributed by atoms with Gasteiger partial charge in [-0.25, -0.2) is 4.98 Å². The summed E-state index contributed by atoms with van der Waals surface area (Å²) in [7, 11) is 1.61. The third-order valence-corrected chi connectivity index (χ3v) is 6.92. The summed E-state index contributed by atoms with van der Waals surface area (Å²) in [6.07, 6.45) is 4.30.